The molecule has 2 amide bonds. The van der Waals surface area contributed by atoms with E-state index in [4.69, 9.17) is 4.74 Å². The molecule has 1 unspecified atom stereocenters. The van der Waals surface area contributed by atoms with Crippen LogP contribution in [0.25, 0.3) is 11.3 Å². The number of hydrogen-bond donors (Lipinski definition) is 1. The number of nitrogens with one attached hydrogen (secondary N) is 1. The minimum absolute atomic E-state index is 0.00204. The molecule has 0 saturated carbocycles. The van der Waals surface area contributed by atoms with Gasteiger partial charge in [-0.15, -0.1) is 11.3 Å². The standard InChI is InChI=1S/C22H19F2N3O4S/c1-30-15-8-6-14(7-9-15)27-11-13(10-19(27)28)20(29)26-22-25-17(12-32-22)16-4-2-3-5-18(16)31-21(23)24/h2-9,12-13,21H,10-11H2,1H3,(H,25,26,29). The van der Waals surface area contributed by atoms with E-state index in [0.717, 1.165) is 11.3 Å². The van der Waals surface area contributed by atoms with Crippen molar-refractivity contribution in [2.45, 2.75) is 13.0 Å². The van der Waals surface area contributed by atoms with Crippen molar-refractivity contribution in [1.82, 2.24) is 4.98 Å². The second-order valence-corrected chi connectivity index (χ2v) is 7.86. The number of amides is 2. The molecular weight excluding hydrogens is 440 g/mol. The number of carbonyl (C=O) groups is 2. The fraction of sp³-hybridized carbons (Fsp3) is 0.227. The first-order valence-electron chi connectivity index (χ1n) is 9.69. The Hall–Kier alpha value is -3.53. The van der Waals surface area contributed by atoms with Crippen molar-refractivity contribution in [3.8, 4) is 22.8 Å². The van der Waals surface area contributed by atoms with Crippen molar-refractivity contribution in [2.24, 2.45) is 5.92 Å². The molecule has 7 nitrogen and oxygen atoms in total. The molecule has 1 fully saturated rings. The third-order valence-electron chi connectivity index (χ3n) is 4.99. The molecular formula is C22H19F2N3O4S. The molecule has 1 aromatic heterocycles. The summed E-state index contributed by atoms with van der Waals surface area (Å²) >= 11 is 1.16. The highest BCUT2D eigenvalue weighted by Gasteiger charge is 2.35. The lowest BCUT2D eigenvalue weighted by molar-refractivity contribution is -0.122. The van der Waals surface area contributed by atoms with Crippen LogP contribution in [-0.2, 0) is 9.59 Å². The molecule has 0 radical (unpaired) electrons. The SMILES string of the molecule is COc1ccc(N2CC(C(=O)Nc3nc(-c4ccccc4OC(F)F)cs3)CC2=O)cc1. The number of nitrogens with zero attached hydrogens (tertiary/aromatic N) is 2. The van der Waals surface area contributed by atoms with E-state index in [1.165, 1.54) is 6.07 Å². The van der Waals surface area contributed by atoms with E-state index in [0.29, 0.717) is 27.8 Å². The smallest absolute Gasteiger partial charge is 0.387 e. The Bertz CT molecular complexity index is 1120. The van der Waals surface area contributed by atoms with E-state index in [1.54, 1.807) is 59.9 Å². The molecule has 0 bridgehead atoms. The summed E-state index contributed by atoms with van der Waals surface area (Å²) in [7, 11) is 1.56. The Morgan fingerprint density at radius 2 is 1.97 bits per heavy atom. The van der Waals surface area contributed by atoms with Gasteiger partial charge in [0.25, 0.3) is 0 Å². The minimum atomic E-state index is -2.96. The first kappa shape index (κ1) is 21.7. The van der Waals surface area contributed by atoms with Gasteiger partial charge in [-0.3, -0.25) is 9.59 Å². The van der Waals surface area contributed by atoms with Crippen molar-refractivity contribution < 1.29 is 27.8 Å². The molecule has 1 N–H and O–H groups in total. The van der Waals surface area contributed by atoms with Gasteiger partial charge in [0.1, 0.15) is 11.5 Å². The highest BCUT2D eigenvalue weighted by molar-refractivity contribution is 7.14. The summed E-state index contributed by atoms with van der Waals surface area (Å²) in [6, 6.07) is 13.3. The Labute approximate surface area is 186 Å². The van der Waals surface area contributed by atoms with Crippen LogP contribution in [0.2, 0.25) is 0 Å². The number of hydrogen-bond acceptors (Lipinski definition) is 6. The van der Waals surface area contributed by atoms with E-state index in [1.807, 2.05) is 0 Å². The van der Waals surface area contributed by atoms with Crippen LogP contribution in [0.1, 0.15) is 6.42 Å². The van der Waals surface area contributed by atoms with Crippen LogP contribution in [0.4, 0.5) is 19.6 Å². The van der Waals surface area contributed by atoms with Gasteiger partial charge in [-0.25, -0.2) is 4.98 Å². The first-order valence-corrected chi connectivity index (χ1v) is 10.6. The van der Waals surface area contributed by atoms with Crippen molar-refractivity contribution in [3.63, 3.8) is 0 Å². The molecule has 10 heteroatoms. The number of halogens is 2. The maximum atomic E-state index is 12.7. The summed E-state index contributed by atoms with van der Waals surface area (Å²) < 4.78 is 35.0. The maximum absolute atomic E-state index is 12.7. The second-order valence-electron chi connectivity index (χ2n) is 7.01. The van der Waals surface area contributed by atoms with Gasteiger partial charge < -0.3 is 19.7 Å². The molecule has 0 spiro atoms. The van der Waals surface area contributed by atoms with Crippen LogP contribution in [0, 0.1) is 5.92 Å². The summed E-state index contributed by atoms with van der Waals surface area (Å²) in [5, 5.41) is 4.68. The lowest BCUT2D eigenvalue weighted by atomic mass is 10.1. The molecule has 2 aromatic carbocycles. The number of anilines is 2. The molecule has 1 saturated heterocycles. The summed E-state index contributed by atoms with van der Waals surface area (Å²) in [4.78, 5) is 31.1. The number of para-hydroxylation sites is 1. The van der Waals surface area contributed by atoms with Gasteiger partial charge in [0.2, 0.25) is 11.8 Å². The number of carbonyl (C=O) groups excluding carboxylic acids is 2. The maximum Gasteiger partial charge on any atom is 0.387 e. The number of rotatable bonds is 7. The molecule has 1 aliphatic rings. The molecule has 166 valence electrons. The summed E-state index contributed by atoms with van der Waals surface area (Å²) in [5.41, 5.74) is 1.49. The topological polar surface area (TPSA) is 80.8 Å². The quantitative estimate of drug-likeness (QED) is 0.566. The third-order valence-corrected chi connectivity index (χ3v) is 5.75. The number of benzene rings is 2. The number of thiazole rings is 1. The lowest BCUT2D eigenvalue weighted by Crippen LogP contribution is -2.28. The van der Waals surface area contributed by atoms with Crippen molar-refractivity contribution in [2.75, 3.05) is 23.9 Å². The van der Waals surface area contributed by atoms with Gasteiger partial charge >= 0.3 is 6.61 Å². The van der Waals surface area contributed by atoms with Crippen LogP contribution in [0.15, 0.2) is 53.9 Å². The van der Waals surface area contributed by atoms with Crippen LogP contribution in [0.5, 0.6) is 11.5 Å². The van der Waals surface area contributed by atoms with Gasteiger partial charge in [-0.1, -0.05) is 12.1 Å². The average Bonchev–Trinajstić information content (AvgIpc) is 3.40. The zero-order valence-corrected chi connectivity index (χ0v) is 17.8. The lowest BCUT2D eigenvalue weighted by Gasteiger charge is -2.16. The predicted molar refractivity (Wildman–Crippen MR) is 116 cm³/mol. The van der Waals surface area contributed by atoms with E-state index >= 15 is 0 Å². The Morgan fingerprint density at radius 3 is 2.69 bits per heavy atom. The normalized spacial score (nSPS) is 15.8. The second kappa shape index (κ2) is 9.31. The van der Waals surface area contributed by atoms with Crippen molar-refractivity contribution >= 4 is 34.0 Å². The Kier molecular flexibility index (Phi) is 6.31. The van der Waals surface area contributed by atoms with Gasteiger partial charge in [0.05, 0.1) is 18.7 Å². The molecule has 1 aliphatic heterocycles. The monoisotopic (exact) mass is 459 g/mol. The summed E-state index contributed by atoms with van der Waals surface area (Å²) in [6.07, 6.45) is 0.0845. The Morgan fingerprint density at radius 1 is 1.22 bits per heavy atom. The minimum Gasteiger partial charge on any atom is -0.497 e. The van der Waals surface area contributed by atoms with Gasteiger partial charge in [0.15, 0.2) is 5.13 Å². The van der Waals surface area contributed by atoms with Gasteiger partial charge in [-0.2, -0.15) is 8.78 Å². The highest BCUT2D eigenvalue weighted by Crippen LogP contribution is 2.33. The van der Waals surface area contributed by atoms with E-state index < -0.39 is 12.5 Å². The number of methoxy groups -OCH3 is 1. The van der Waals surface area contributed by atoms with E-state index in [9.17, 15) is 18.4 Å². The highest BCUT2D eigenvalue weighted by atomic mass is 32.1. The number of alkyl halides is 2. The molecule has 3 aromatic rings. The molecule has 1 atom stereocenters. The molecule has 4 rings (SSSR count). The van der Waals surface area contributed by atoms with Crippen LogP contribution in [0.3, 0.4) is 0 Å². The Balaban J connectivity index is 1.43. The summed E-state index contributed by atoms with van der Waals surface area (Å²) in [6.45, 7) is -2.71. The fourth-order valence-electron chi connectivity index (χ4n) is 3.43. The number of aromatic nitrogens is 1. The zero-order valence-electron chi connectivity index (χ0n) is 17.0. The third kappa shape index (κ3) is 4.70. The number of ether oxygens (including phenoxy) is 2. The average molecular weight is 459 g/mol. The van der Waals surface area contributed by atoms with Crippen molar-refractivity contribution in [1.29, 1.82) is 0 Å². The van der Waals surface area contributed by atoms with Gasteiger partial charge in [0, 0.05) is 29.6 Å². The predicted octanol–water partition coefficient (Wildman–Crippen LogP) is 4.41. The van der Waals surface area contributed by atoms with Crippen LogP contribution < -0.4 is 19.7 Å². The van der Waals surface area contributed by atoms with Crippen molar-refractivity contribution in [3.05, 3.63) is 53.9 Å². The van der Waals surface area contributed by atoms with Gasteiger partial charge in [-0.05, 0) is 36.4 Å². The molecule has 0 aliphatic carbocycles. The first-order chi connectivity index (χ1) is 15.4. The fourth-order valence-corrected chi connectivity index (χ4v) is 4.15. The molecule has 2 heterocycles. The van der Waals surface area contributed by atoms with E-state index in [-0.39, 0.29) is 30.5 Å². The van der Waals surface area contributed by atoms with Crippen LogP contribution >= 0.6 is 11.3 Å². The summed E-state index contributed by atoms with van der Waals surface area (Å²) in [5.74, 6) is -0.330. The van der Waals surface area contributed by atoms with E-state index in [2.05, 4.69) is 15.0 Å². The van der Waals surface area contributed by atoms with Crippen LogP contribution in [-0.4, -0.2) is 37.1 Å². The largest absolute Gasteiger partial charge is 0.497 e. The molecule has 32 heavy (non-hydrogen) atoms. The zero-order chi connectivity index (χ0) is 22.7.